The standard InChI is InChI=1S/C36H39Cl2N5O5/c1-23(44)19-25-12-10-24(20-40-25)11-13-27(45)14-17-33(46)42(2)30-16-15-29(37)28(34(30)38)22-48-32-9-6-8-31-35(32)41-36(47-3)43(31)21-26-7-4-5-18-39-26/h4-9,15-16,18,24H,10-14,17,19-22H2,1-3H3. The molecule has 0 saturated heterocycles. The number of carbonyl (C=O) groups excluding carboxylic acids is 3. The zero-order chi connectivity index (χ0) is 34.2. The van der Waals surface area contributed by atoms with E-state index in [0.717, 1.165) is 36.2 Å². The van der Waals surface area contributed by atoms with Crippen LogP contribution < -0.4 is 14.4 Å². The van der Waals surface area contributed by atoms with Crippen LogP contribution in [-0.4, -0.2) is 58.4 Å². The lowest BCUT2D eigenvalue weighted by Crippen LogP contribution is -2.27. The monoisotopic (exact) mass is 691 g/mol. The third-order valence-corrected chi connectivity index (χ3v) is 9.30. The number of imidazole rings is 1. The summed E-state index contributed by atoms with van der Waals surface area (Å²) in [5.74, 6) is 0.777. The quantitative estimate of drug-likeness (QED) is 0.128. The fraction of sp³-hybridized carbons (Fsp3) is 0.389. The highest BCUT2D eigenvalue weighted by molar-refractivity contribution is 6.38. The van der Waals surface area contributed by atoms with Crippen molar-refractivity contribution in [1.29, 1.82) is 0 Å². The number of halogens is 2. The second-order valence-electron chi connectivity index (χ2n) is 12.0. The van der Waals surface area contributed by atoms with Gasteiger partial charge in [0.05, 0.1) is 35.6 Å². The van der Waals surface area contributed by atoms with E-state index in [1.54, 1.807) is 39.4 Å². The maximum absolute atomic E-state index is 13.1. The van der Waals surface area contributed by atoms with Crippen LogP contribution in [0.5, 0.6) is 11.8 Å². The second-order valence-corrected chi connectivity index (χ2v) is 12.8. The van der Waals surface area contributed by atoms with Gasteiger partial charge in [-0.3, -0.25) is 28.9 Å². The summed E-state index contributed by atoms with van der Waals surface area (Å²) in [7, 11) is 3.20. The van der Waals surface area contributed by atoms with Crippen molar-refractivity contribution in [2.24, 2.45) is 10.9 Å². The number of hydrogen-bond acceptors (Lipinski definition) is 8. The van der Waals surface area contributed by atoms with Crippen molar-refractivity contribution in [3.63, 3.8) is 0 Å². The first kappa shape index (κ1) is 35.0. The van der Waals surface area contributed by atoms with E-state index in [1.807, 2.05) is 41.0 Å². The molecule has 252 valence electrons. The Hall–Kier alpha value is -4.28. The number of para-hydroxylation sites is 1. The van der Waals surface area contributed by atoms with Crippen molar-refractivity contribution in [1.82, 2.24) is 14.5 Å². The Morgan fingerprint density at radius 2 is 1.88 bits per heavy atom. The Morgan fingerprint density at radius 1 is 1.04 bits per heavy atom. The summed E-state index contributed by atoms with van der Waals surface area (Å²) in [5, 5.41) is 0.683. The molecule has 0 spiro atoms. The lowest BCUT2D eigenvalue weighted by Gasteiger charge is -2.22. The van der Waals surface area contributed by atoms with Gasteiger partial charge in [0.2, 0.25) is 5.91 Å². The van der Waals surface area contributed by atoms with Crippen molar-refractivity contribution in [3.8, 4) is 11.8 Å². The molecule has 0 bridgehead atoms. The molecule has 3 heterocycles. The minimum absolute atomic E-state index is 0.0298. The van der Waals surface area contributed by atoms with Gasteiger partial charge in [-0.2, -0.15) is 4.98 Å². The van der Waals surface area contributed by atoms with Crippen LogP contribution in [-0.2, 0) is 27.5 Å². The first-order valence-corrected chi connectivity index (χ1v) is 16.7. The highest BCUT2D eigenvalue weighted by atomic mass is 35.5. The molecule has 0 saturated carbocycles. The lowest BCUT2D eigenvalue weighted by atomic mass is 9.91. The summed E-state index contributed by atoms with van der Waals surface area (Å²) in [6.07, 6.45) is 5.25. The molecule has 48 heavy (non-hydrogen) atoms. The summed E-state index contributed by atoms with van der Waals surface area (Å²) in [6, 6.07) is 15.1. The highest BCUT2D eigenvalue weighted by Crippen LogP contribution is 2.36. The molecule has 1 aliphatic heterocycles. The largest absolute Gasteiger partial charge is 0.486 e. The predicted octanol–water partition coefficient (Wildman–Crippen LogP) is 7.30. The second kappa shape index (κ2) is 16.2. The zero-order valence-corrected chi connectivity index (χ0v) is 28.9. The Morgan fingerprint density at radius 3 is 2.58 bits per heavy atom. The topological polar surface area (TPSA) is 116 Å². The number of methoxy groups -OCH3 is 1. The molecule has 10 nitrogen and oxygen atoms in total. The van der Waals surface area contributed by atoms with Gasteiger partial charge in [0.15, 0.2) is 0 Å². The summed E-state index contributed by atoms with van der Waals surface area (Å²) in [5.41, 5.74) is 4.22. The van der Waals surface area contributed by atoms with Gasteiger partial charge in [0, 0.05) is 61.8 Å². The number of carbonyl (C=O) groups is 3. The van der Waals surface area contributed by atoms with Gasteiger partial charge in [-0.05, 0) is 68.5 Å². The third-order valence-electron chi connectivity index (χ3n) is 8.53. The van der Waals surface area contributed by atoms with Crippen LogP contribution in [0.1, 0.15) is 63.1 Å². The normalized spacial score (nSPS) is 14.4. The average Bonchev–Trinajstić information content (AvgIpc) is 3.44. The molecule has 1 amide bonds. The van der Waals surface area contributed by atoms with Crippen LogP contribution in [0.2, 0.25) is 10.0 Å². The van der Waals surface area contributed by atoms with Crippen LogP contribution >= 0.6 is 23.2 Å². The Kier molecular flexibility index (Phi) is 11.8. The molecule has 2 aromatic heterocycles. The summed E-state index contributed by atoms with van der Waals surface area (Å²) >= 11 is 13.4. The number of rotatable bonds is 15. The van der Waals surface area contributed by atoms with Gasteiger partial charge in [-0.1, -0.05) is 35.3 Å². The number of anilines is 1. The number of benzene rings is 2. The van der Waals surface area contributed by atoms with Gasteiger partial charge in [-0.25, -0.2) is 0 Å². The molecule has 0 radical (unpaired) electrons. The van der Waals surface area contributed by atoms with E-state index in [4.69, 9.17) is 32.7 Å². The molecule has 0 N–H and O–H groups in total. The van der Waals surface area contributed by atoms with E-state index in [-0.39, 0.29) is 41.9 Å². The number of Topliss-reactive ketones (excluding diaryl/α,β-unsaturated/α-hetero) is 2. The smallest absolute Gasteiger partial charge is 0.297 e. The Balaban J connectivity index is 1.20. The van der Waals surface area contributed by atoms with Crippen LogP contribution in [0.3, 0.4) is 0 Å². The van der Waals surface area contributed by atoms with Crippen LogP contribution in [0.4, 0.5) is 5.69 Å². The number of ketones is 2. The molecule has 0 aliphatic carbocycles. The number of ether oxygens (including phenoxy) is 2. The molecule has 1 atom stereocenters. The summed E-state index contributed by atoms with van der Waals surface area (Å²) < 4.78 is 13.7. The predicted molar refractivity (Wildman–Crippen MR) is 188 cm³/mol. The van der Waals surface area contributed by atoms with Crippen LogP contribution in [0.25, 0.3) is 11.0 Å². The van der Waals surface area contributed by atoms with Crippen molar-refractivity contribution < 1.29 is 23.9 Å². The van der Waals surface area contributed by atoms with Crippen molar-refractivity contribution in [2.75, 3.05) is 25.6 Å². The number of nitrogens with zero attached hydrogens (tertiary/aromatic N) is 5. The number of hydrogen-bond donors (Lipinski definition) is 0. The Bertz CT molecular complexity index is 1820. The third kappa shape index (κ3) is 8.59. The first-order valence-electron chi connectivity index (χ1n) is 16.0. The molecular weight excluding hydrogens is 653 g/mol. The van der Waals surface area contributed by atoms with Gasteiger partial charge < -0.3 is 14.4 Å². The van der Waals surface area contributed by atoms with Gasteiger partial charge in [0.1, 0.15) is 29.4 Å². The minimum Gasteiger partial charge on any atom is -0.486 e. The maximum Gasteiger partial charge on any atom is 0.297 e. The SMILES string of the molecule is COc1nc2c(OCc3c(Cl)ccc(N(C)C(=O)CCC(=O)CCC4CCC(CC(C)=O)=NC4)c3Cl)cccc2n1Cc1ccccn1. The first-order chi connectivity index (χ1) is 23.1. The molecule has 2 aromatic carbocycles. The van der Waals surface area contributed by atoms with Crippen molar-refractivity contribution >= 4 is 63.1 Å². The average molecular weight is 693 g/mol. The molecular formula is C36H39Cl2N5O5. The van der Waals surface area contributed by atoms with Gasteiger partial charge >= 0.3 is 0 Å². The number of fused-ring (bicyclic) bond motifs is 1. The van der Waals surface area contributed by atoms with Crippen LogP contribution in [0.15, 0.2) is 59.7 Å². The van der Waals surface area contributed by atoms with Crippen LogP contribution in [0, 0.1) is 5.92 Å². The zero-order valence-electron chi connectivity index (χ0n) is 27.4. The van der Waals surface area contributed by atoms with Crippen molar-refractivity contribution in [2.45, 2.75) is 65.0 Å². The number of pyridine rings is 1. The summed E-state index contributed by atoms with van der Waals surface area (Å²) in [6.45, 7) is 2.72. The molecule has 12 heteroatoms. The van der Waals surface area contributed by atoms with Gasteiger partial charge in [-0.15, -0.1) is 0 Å². The highest BCUT2D eigenvalue weighted by Gasteiger charge is 2.22. The van der Waals surface area contributed by atoms with E-state index in [0.29, 0.717) is 65.4 Å². The fourth-order valence-electron chi connectivity index (χ4n) is 5.81. The van der Waals surface area contributed by atoms with E-state index >= 15 is 0 Å². The number of amides is 1. The van der Waals surface area contributed by atoms with E-state index in [2.05, 4.69) is 15.0 Å². The minimum atomic E-state index is -0.231. The van der Waals surface area contributed by atoms with Gasteiger partial charge in [0.25, 0.3) is 6.01 Å². The van der Waals surface area contributed by atoms with E-state index in [1.165, 1.54) is 4.90 Å². The summed E-state index contributed by atoms with van der Waals surface area (Å²) in [4.78, 5) is 52.2. The number of aliphatic imine (C=N–C) groups is 1. The van der Waals surface area contributed by atoms with Crippen molar-refractivity contribution in [3.05, 3.63) is 76.0 Å². The molecule has 1 unspecified atom stereocenters. The number of aromatic nitrogens is 3. The fourth-order valence-corrected chi connectivity index (χ4v) is 6.42. The molecule has 1 aliphatic rings. The molecule has 4 aromatic rings. The van der Waals surface area contributed by atoms with E-state index in [9.17, 15) is 14.4 Å². The Labute approximate surface area is 290 Å². The van der Waals surface area contributed by atoms with E-state index < -0.39 is 0 Å². The molecule has 0 fully saturated rings. The maximum atomic E-state index is 13.1. The lowest BCUT2D eigenvalue weighted by molar-refractivity contribution is -0.124. The molecule has 5 rings (SSSR count).